The molecule has 126 valence electrons. The molecule has 0 heterocycles. The molecule has 0 fully saturated rings. The van der Waals surface area contributed by atoms with Crippen LogP contribution in [0.4, 0.5) is 0 Å². The number of rotatable bonds is 9. The molecule has 1 aromatic carbocycles. The zero-order chi connectivity index (χ0) is 15.3. The number of aliphatic imine (C=N–C) groups is 1. The maximum atomic E-state index is 5.65. The predicted octanol–water partition coefficient (Wildman–Crippen LogP) is 1.89. The Morgan fingerprint density at radius 3 is 2.59 bits per heavy atom. The summed E-state index contributed by atoms with van der Waals surface area (Å²) in [6.45, 7) is 5.28. The average molecular weight is 423 g/mol. The number of guanidine groups is 1. The van der Waals surface area contributed by atoms with Crippen molar-refractivity contribution in [1.82, 2.24) is 10.6 Å². The lowest BCUT2D eigenvalue weighted by Crippen LogP contribution is -2.39. The second kappa shape index (κ2) is 13.4. The molecule has 0 bridgehead atoms. The van der Waals surface area contributed by atoms with Crippen molar-refractivity contribution >= 4 is 29.9 Å². The molecular formula is C15H26IN3O3. The van der Waals surface area contributed by atoms with Gasteiger partial charge in [0.25, 0.3) is 0 Å². The summed E-state index contributed by atoms with van der Waals surface area (Å²) in [6, 6.07) is 7.55. The lowest BCUT2D eigenvalue weighted by atomic mass is 10.3. The fourth-order valence-corrected chi connectivity index (χ4v) is 1.62. The number of hydrogen-bond acceptors (Lipinski definition) is 4. The van der Waals surface area contributed by atoms with Crippen molar-refractivity contribution in [3.8, 4) is 11.5 Å². The number of nitrogens with one attached hydrogen (secondary N) is 2. The summed E-state index contributed by atoms with van der Waals surface area (Å²) in [5.74, 6) is 2.34. The molecule has 0 atom stereocenters. The highest BCUT2D eigenvalue weighted by Crippen LogP contribution is 2.18. The van der Waals surface area contributed by atoms with Crippen molar-refractivity contribution in [2.75, 3.05) is 47.1 Å². The monoisotopic (exact) mass is 423 g/mol. The van der Waals surface area contributed by atoms with Crippen LogP contribution in [0.15, 0.2) is 29.3 Å². The number of benzene rings is 1. The van der Waals surface area contributed by atoms with E-state index < -0.39 is 0 Å². The molecule has 0 aliphatic carbocycles. The first-order valence-corrected chi connectivity index (χ1v) is 7.08. The molecule has 7 heteroatoms. The summed E-state index contributed by atoms with van der Waals surface area (Å²) in [4.78, 5) is 4.37. The second-order valence-corrected chi connectivity index (χ2v) is 4.21. The van der Waals surface area contributed by atoms with Gasteiger partial charge in [-0.15, -0.1) is 24.0 Å². The van der Waals surface area contributed by atoms with Gasteiger partial charge in [-0.1, -0.05) is 6.07 Å². The Labute approximate surface area is 149 Å². The second-order valence-electron chi connectivity index (χ2n) is 4.21. The van der Waals surface area contributed by atoms with Crippen LogP contribution in [0.5, 0.6) is 11.5 Å². The molecule has 0 unspecified atom stereocenters. The largest absolute Gasteiger partial charge is 0.497 e. The molecule has 2 N–H and O–H groups in total. The molecule has 22 heavy (non-hydrogen) atoms. The first-order chi connectivity index (χ1) is 10.3. The van der Waals surface area contributed by atoms with Crippen molar-refractivity contribution in [3.05, 3.63) is 24.3 Å². The van der Waals surface area contributed by atoms with Gasteiger partial charge in [-0.05, 0) is 19.1 Å². The van der Waals surface area contributed by atoms with Gasteiger partial charge in [-0.25, -0.2) is 0 Å². The molecule has 6 nitrogen and oxygen atoms in total. The molecule has 0 saturated heterocycles. The van der Waals surface area contributed by atoms with E-state index in [0.29, 0.717) is 26.3 Å². The average Bonchev–Trinajstić information content (AvgIpc) is 2.52. The molecule has 0 spiro atoms. The predicted molar refractivity (Wildman–Crippen MR) is 99.8 cm³/mol. The van der Waals surface area contributed by atoms with Gasteiger partial charge in [0.15, 0.2) is 5.96 Å². The number of halogens is 1. The molecule has 0 radical (unpaired) electrons. The van der Waals surface area contributed by atoms with E-state index in [1.54, 1.807) is 14.2 Å². The Hall–Kier alpha value is -1.22. The van der Waals surface area contributed by atoms with Crippen LogP contribution in [0.25, 0.3) is 0 Å². The topological polar surface area (TPSA) is 64.1 Å². The van der Waals surface area contributed by atoms with Crippen molar-refractivity contribution < 1.29 is 14.2 Å². The first-order valence-electron chi connectivity index (χ1n) is 7.08. The quantitative estimate of drug-likeness (QED) is 0.275. The van der Waals surface area contributed by atoms with E-state index in [9.17, 15) is 0 Å². The highest BCUT2D eigenvalue weighted by atomic mass is 127. The zero-order valence-corrected chi connectivity index (χ0v) is 15.8. The smallest absolute Gasteiger partial charge is 0.191 e. The minimum absolute atomic E-state index is 0. The van der Waals surface area contributed by atoms with Crippen molar-refractivity contribution in [1.29, 1.82) is 0 Å². The van der Waals surface area contributed by atoms with Gasteiger partial charge >= 0.3 is 0 Å². The lowest BCUT2D eigenvalue weighted by molar-refractivity contribution is 0.208. The Balaban J connectivity index is 0.00000441. The normalized spacial score (nSPS) is 10.6. The van der Waals surface area contributed by atoms with Gasteiger partial charge in [0.1, 0.15) is 18.1 Å². The molecular weight excluding hydrogens is 397 g/mol. The highest BCUT2D eigenvalue weighted by Gasteiger charge is 1.98. The van der Waals surface area contributed by atoms with Crippen LogP contribution in [0, 0.1) is 0 Å². The maximum absolute atomic E-state index is 5.65. The fourth-order valence-electron chi connectivity index (χ4n) is 1.62. The molecule has 0 aliphatic rings. The van der Waals surface area contributed by atoms with E-state index in [0.717, 1.165) is 24.0 Å². The summed E-state index contributed by atoms with van der Waals surface area (Å²) in [7, 11) is 3.30. The standard InChI is InChI=1S/C15H25N3O3.HI/c1-4-16-15(17-8-10-19-2)18-9-11-21-14-7-5-6-13(12-14)20-3;/h5-7,12H,4,8-11H2,1-3H3,(H2,16,17,18);1H. The Morgan fingerprint density at radius 1 is 1.14 bits per heavy atom. The van der Waals surface area contributed by atoms with Crippen molar-refractivity contribution in [2.45, 2.75) is 6.92 Å². The first kappa shape index (κ1) is 20.8. The van der Waals surface area contributed by atoms with Crippen molar-refractivity contribution in [2.24, 2.45) is 4.99 Å². The molecule has 1 rings (SSSR count). The third-order valence-electron chi connectivity index (χ3n) is 2.61. The van der Waals surface area contributed by atoms with Gasteiger partial charge in [0.05, 0.1) is 26.8 Å². The maximum Gasteiger partial charge on any atom is 0.191 e. The lowest BCUT2D eigenvalue weighted by Gasteiger charge is -2.12. The molecule has 0 saturated carbocycles. The highest BCUT2D eigenvalue weighted by molar-refractivity contribution is 14.0. The molecule has 0 aromatic heterocycles. The van der Waals surface area contributed by atoms with Crippen LogP contribution in [0.1, 0.15) is 6.92 Å². The van der Waals surface area contributed by atoms with E-state index in [-0.39, 0.29) is 24.0 Å². The Kier molecular flexibility index (Phi) is 12.7. The number of methoxy groups -OCH3 is 2. The molecule has 1 aromatic rings. The van der Waals surface area contributed by atoms with Crippen LogP contribution in [0.2, 0.25) is 0 Å². The SMILES string of the molecule is CCNC(=NCCOC)NCCOc1cccc(OC)c1.I. The van der Waals surface area contributed by atoms with E-state index in [1.807, 2.05) is 31.2 Å². The van der Waals surface area contributed by atoms with E-state index in [2.05, 4.69) is 15.6 Å². The minimum Gasteiger partial charge on any atom is -0.497 e. The zero-order valence-electron chi connectivity index (χ0n) is 13.4. The van der Waals surface area contributed by atoms with E-state index in [1.165, 1.54) is 0 Å². The van der Waals surface area contributed by atoms with Crippen LogP contribution in [-0.4, -0.2) is 53.0 Å². The van der Waals surface area contributed by atoms with Gasteiger partial charge < -0.3 is 24.8 Å². The fraction of sp³-hybridized carbons (Fsp3) is 0.533. The summed E-state index contributed by atoms with van der Waals surface area (Å²) in [5.41, 5.74) is 0. The third kappa shape index (κ3) is 8.93. The third-order valence-corrected chi connectivity index (χ3v) is 2.61. The summed E-state index contributed by atoms with van der Waals surface area (Å²) >= 11 is 0. The summed E-state index contributed by atoms with van der Waals surface area (Å²) < 4.78 is 15.8. The number of hydrogen-bond donors (Lipinski definition) is 2. The Bertz CT molecular complexity index is 430. The van der Waals surface area contributed by atoms with Gasteiger partial charge in [-0.3, -0.25) is 4.99 Å². The van der Waals surface area contributed by atoms with Crippen LogP contribution >= 0.6 is 24.0 Å². The van der Waals surface area contributed by atoms with Crippen LogP contribution in [0.3, 0.4) is 0 Å². The number of nitrogens with zero attached hydrogens (tertiary/aromatic N) is 1. The van der Waals surface area contributed by atoms with Gasteiger partial charge in [0, 0.05) is 19.7 Å². The van der Waals surface area contributed by atoms with Gasteiger partial charge in [-0.2, -0.15) is 0 Å². The number of ether oxygens (including phenoxy) is 3. The molecule has 0 amide bonds. The van der Waals surface area contributed by atoms with Crippen molar-refractivity contribution in [3.63, 3.8) is 0 Å². The minimum atomic E-state index is 0. The summed E-state index contributed by atoms with van der Waals surface area (Å²) in [5, 5.41) is 6.37. The van der Waals surface area contributed by atoms with E-state index >= 15 is 0 Å². The van der Waals surface area contributed by atoms with Crippen LogP contribution in [-0.2, 0) is 4.74 Å². The van der Waals surface area contributed by atoms with E-state index in [4.69, 9.17) is 14.2 Å². The Morgan fingerprint density at radius 2 is 1.91 bits per heavy atom. The van der Waals surface area contributed by atoms with Crippen LogP contribution < -0.4 is 20.1 Å². The van der Waals surface area contributed by atoms with Gasteiger partial charge in [0.2, 0.25) is 0 Å². The molecule has 0 aliphatic heterocycles. The summed E-state index contributed by atoms with van der Waals surface area (Å²) in [6.07, 6.45) is 0.